The first-order valence-corrected chi connectivity index (χ1v) is 9.49. The van der Waals surface area contributed by atoms with Crippen LogP contribution in [0.1, 0.15) is 33.3 Å². The molecule has 1 aromatic heterocycles. The van der Waals surface area contributed by atoms with Crippen LogP contribution in [0.2, 0.25) is 0 Å². The fraction of sp³-hybridized carbons (Fsp3) is 0.368. The number of anilines is 1. The number of nitrogens with one attached hydrogen (secondary N) is 2. The lowest BCUT2D eigenvalue weighted by atomic mass is 10.0. The summed E-state index contributed by atoms with van der Waals surface area (Å²) in [6.45, 7) is 4.18. The first-order valence-electron chi connectivity index (χ1n) is 8.67. The van der Waals surface area contributed by atoms with Crippen LogP contribution >= 0.6 is 11.3 Å². The molecule has 138 valence electrons. The van der Waals surface area contributed by atoms with Gasteiger partial charge in [-0.05, 0) is 31.5 Å². The standard InChI is InChI=1S/C19H23N3O3S/c1-3-25-18(23)16-14-9-10-22(2)12-15(14)26-17(16)21-19(24)20-11-13-7-5-4-6-8-13/h4-8H,3,9-12H2,1-2H3,(H2,20,21,24). The molecule has 0 unspecified atom stereocenters. The number of thiophene rings is 1. The molecule has 0 bridgehead atoms. The maximum absolute atomic E-state index is 12.4. The topological polar surface area (TPSA) is 70.7 Å². The molecule has 2 heterocycles. The van der Waals surface area contributed by atoms with Crippen molar-refractivity contribution in [1.29, 1.82) is 0 Å². The number of rotatable bonds is 5. The van der Waals surface area contributed by atoms with Crippen molar-refractivity contribution in [2.75, 3.05) is 25.5 Å². The Kier molecular flexibility index (Phi) is 5.90. The Bertz CT molecular complexity index is 789. The first-order chi connectivity index (χ1) is 12.6. The number of ether oxygens (including phenoxy) is 1. The Morgan fingerprint density at radius 3 is 2.77 bits per heavy atom. The van der Waals surface area contributed by atoms with Crippen molar-refractivity contribution in [1.82, 2.24) is 10.2 Å². The van der Waals surface area contributed by atoms with Crippen LogP contribution in [-0.4, -0.2) is 37.1 Å². The minimum absolute atomic E-state index is 0.309. The zero-order valence-corrected chi connectivity index (χ0v) is 15.8. The summed E-state index contributed by atoms with van der Waals surface area (Å²) in [5.74, 6) is -0.368. The summed E-state index contributed by atoms with van der Waals surface area (Å²) in [6.07, 6.45) is 0.782. The summed E-state index contributed by atoms with van der Waals surface area (Å²) in [7, 11) is 2.05. The molecule has 1 aliphatic heterocycles. The van der Waals surface area contributed by atoms with Crippen LogP contribution in [0.5, 0.6) is 0 Å². The fourth-order valence-corrected chi connectivity index (χ4v) is 4.27. The first kappa shape index (κ1) is 18.4. The third kappa shape index (κ3) is 4.23. The molecule has 1 aromatic carbocycles. The molecule has 3 rings (SSSR count). The van der Waals surface area contributed by atoms with Crippen molar-refractivity contribution in [2.24, 2.45) is 0 Å². The maximum Gasteiger partial charge on any atom is 0.341 e. The van der Waals surface area contributed by atoms with E-state index >= 15 is 0 Å². The lowest BCUT2D eigenvalue weighted by Crippen LogP contribution is -2.29. The van der Waals surface area contributed by atoms with Crippen LogP contribution < -0.4 is 10.6 Å². The summed E-state index contributed by atoms with van der Waals surface area (Å²) >= 11 is 1.46. The smallest absolute Gasteiger partial charge is 0.341 e. The van der Waals surface area contributed by atoms with Gasteiger partial charge in [-0.3, -0.25) is 5.32 Å². The van der Waals surface area contributed by atoms with Gasteiger partial charge in [-0.15, -0.1) is 11.3 Å². The van der Waals surface area contributed by atoms with E-state index in [4.69, 9.17) is 4.74 Å². The minimum atomic E-state index is -0.368. The lowest BCUT2D eigenvalue weighted by Gasteiger charge is -2.22. The van der Waals surface area contributed by atoms with Crippen molar-refractivity contribution in [3.63, 3.8) is 0 Å². The van der Waals surface area contributed by atoms with Gasteiger partial charge in [0.1, 0.15) is 5.00 Å². The number of likely N-dealkylation sites (N-methyl/N-ethyl adjacent to an activating group) is 1. The number of esters is 1. The van der Waals surface area contributed by atoms with Gasteiger partial charge in [-0.1, -0.05) is 30.3 Å². The molecule has 0 saturated heterocycles. The summed E-state index contributed by atoms with van der Waals surface area (Å²) in [5.41, 5.74) is 2.53. The summed E-state index contributed by atoms with van der Waals surface area (Å²) in [5, 5.41) is 6.23. The van der Waals surface area contributed by atoms with E-state index in [0.717, 1.165) is 35.5 Å². The van der Waals surface area contributed by atoms with Crippen molar-refractivity contribution in [3.8, 4) is 0 Å². The largest absolute Gasteiger partial charge is 0.462 e. The fourth-order valence-electron chi connectivity index (χ4n) is 2.96. The van der Waals surface area contributed by atoms with Crippen LogP contribution in [0.25, 0.3) is 0 Å². The van der Waals surface area contributed by atoms with Gasteiger partial charge in [0, 0.05) is 24.5 Å². The predicted octanol–water partition coefficient (Wildman–Crippen LogP) is 3.23. The molecule has 2 aromatic rings. The van der Waals surface area contributed by atoms with Crippen molar-refractivity contribution < 1.29 is 14.3 Å². The van der Waals surface area contributed by atoms with E-state index in [2.05, 4.69) is 15.5 Å². The average molecular weight is 373 g/mol. The van der Waals surface area contributed by atoms with Gasteiger partial charge in [0.15, 0.2) is 0 Å². The number of fused-ring (bicyclic) bond motifs is 1. The van der Waals surface area contributed by atoms with Gasteiger partial charge in [0.2, 0.25) is 0 Å². The van der Waals surface area contributed by atoms with E-state index in [0.29, 0.717) is 23.7 Å². The highest BCUT2D eigenvalue weighted by Crippen LogP contribution is 2.37. The third-order valence-corrected chi connectivity index (χ3v) is 5.38. The van der Waals surface area contributed by atoms with Crippen LogP contribution in [-0.2, 0) is 24.2 Å². The van der Waals surface area contributed by atoms with Crippen LogP contribution in [0.3, 0.4) is 0 Å². The molecule has 0 aliphatic carbocycles. The molecule has 0 radical (unpaired) electrons. The minimum Gasteiger partial charge on any atom is -0.462 e. The highest BCUT2D eigenvalue weighted by atomic mass is 32.1. The van der Waals surface area contributed by atoms with E-state index in [9.17, 15) is 9.59 Å². The Balaban J connectivity index is 1.75. The molecule has 0 fully saturated rings. The number of hydrogen-bond donors (Lipinski definition) is 2. The summed E-state index contributed by atoms with van der Waals surface area (Å²) in [4.78, 5) is 28.1. The van der Waals surface area contributed by atoms with E-state index in [1.165, 1.54) is 11.3 Å². The van der Waals surface area contributed by atoms with E-state index in [1.54, 1.807) is 6.92 Å². The Hall–Kier alpha value is -2.38. The van der Waals surface area contributed by atoms with E-state index < -0.39 is 0 Å². The molecule has 0 spiro atoms. The normalized spacial score (nSPS) is 13.8. The number of benzene rings is 1. The molecule has 2 amide bonds. The van der Waals surface area contributed by atoms with Crippen LogP contribution in [0.15, 0.2) is 30.3 Å². The Morgan fingerprint density at radius 2 is 2.04 bits per heavy atom. The molecule has 26 heavy (non-hydrogen) atoms. The van der Waals surface area contributed by atoms with E-state index in [1.807, 2.05) is 37.4 Å². The van der Waals surface area contributed by atoms with E-state index in [-0.39, 0.29) is 12.0 Å². The van der Waals surface area contributed by atoms with Crippen molar-refractivity contribution in [3.05, 3.63) is 51.9 Å². The second kappa shape index (κ2) is 8.33. The molecular formula is C19H23N3O3S. The second-order valence-electron chi connectivity index (χ2n) is 6.21. The number of carbonyl (C=O) groups is 2. The van der Waals surface area contributed by atoms with Crippen LogP contribution in [0.4, 0.5) is 9.80 Å². The molecule has 6 nitrogen and oxygen atoms in total. The quantitative estimate of drug-likeness (QED) is 0.790. The molecule has 1 aliphatic rings. The highest BCUT2D eigenvalue weighted by Gasteiger charge is 2.28. The zero-order chi connectivity index (χ0) is 18.5. The molecule has 0 saturated carbocycles. The number of hydrogen-bond acceptors (Lipinski definition) is 5. The highest BCUT2D eigenvalue weighted by molar-refractivity contribution is 7.17. The summed E-state index contributed by atoms with van der Waals surface area (Å²) in [6, 6.07) is 9.36. The van der Waals surface area contributed by atoms with Gasteiger partial charge >= 0.3 is 12.0 Å². The molecule has 2 N–H and O–H groups in total. The Labute approximate surface area is 157 Å². The third-order valence-electron chi connectivity index (χ3n) is 4.25. The molecule has 0 atom stereocenters. The number of urea groups is 1. The number of amides is 2. The average Bonchev–Trinajstić information content (AvgIpc) is 2.98. The SMILES string of the molecule is CCOC(=O)c1c(NC(=O)NCc2ccccc2)sc2c1CCN(C)C2. The maximum atomic E-state index is 12.4. The van der Waals surface area contributed by atoms with Crippen molar-refractivity contribution in [2.45, 2.75) is 26.4 Å². The number of carbonyl (C=O) groups excluding carboxylic acids is 2. The van der Waals surface area contributed by atoms with Gasteiger partial charge < -0.3 is 15.0 Å². The predicted molar refractivity (Wildman–Crippen MR) is 103 cm³/mol. The number of nitrogens with zero attached hydrogens (tertiary/aromatic N) is 1. The Morgan fingerprint density at radius 1 is 1.27 bits per heavy atom. The van der Waals surface area contributed by atoms with Gasteiger partial charge in [-0.2, -0.15) is 0 Å². The van der Waals surface area contributed by atoms with Gasteiger partial charge in [0.05, 0.1) is 12.2 Å². The monoisotopic (exact) mass is 373 g/mol. The molecule has 7 heteroatoms. The summed E-state index contributed by atoms with van der Waals surface area (Å²) < 4.78 is 5.21. The lowest BCUT2D eigenvalue weighted by molar-refractivity contribution is 0.0526. The van der Waals surface area contributed by atoms with Gasteiger partial charge in [0.25, 0.3) is 0 Å². The second-order valence-corrected chi connectivity index (χ2v) is 7.31. The van der Waals surface area contributed by atoms with Crippen LogP contribution in [0, 0.1) is 0 Å². The zero-order valence-electron chi connectivity index (χ0n) is 15.0. The van der Waals surface area contributed by atoms with Gasteiger partial charge in [-0.25, -0.2) is 9.59 Å². The van der Waals surface area contributed by atoms with Crippen molar-refractivity contribution >= 4 is 28.3 Å². The molecular weight excluding hydrogens is 350 g/mol.